The Morgan fingerprint density at radius 3 is 2.42 bits per heavy atom. The van der Waals surface area contributed by atoms with Crippen LogP contribution >= 0.6 is 23.2 Å². The summed E-state index contributed by atoms with van der Waals surface area (Å²) in [7, 11) is -3.63. The van der Waals surface area contributed by atoms with Crippen LogP contribution in [0.5, 0.6) is 0 Å². The largest absolute Gasteiger partial charge is 0.450 e. The number of piperidine rings is 1. The van der Waals surface area contributed by atoms with E-state index in [0.717, 1.165) is 0 Å². The molecule has 2 aliphatic rings. The molecule has 2 heterocycles. The quantitative estimate of drug-likeness (QED) is 0.631. The SMILES string of the molecule is CCOC(=O)N1CCN(C(=O)[C@@H]2CCCN(S(=O)(=O)Cc3ccc(Cl)cc3Cl)C2)CC1. The van der Waals surface area contributed by atoms with Crippen LogP contribution in [-0.2, 0) is 25.3 Å². The van der Waals surface area contributed by atoms with Crippen molar-refractivity contribution in [2.45, 2.75) is 25.5 Å². The van der Waals surface area contributed by atoms with E-state index < -0.39 is 15.9 Å². The molecule has 8 nitrogen and oxygen atoms in total. The summed E-state index contributed by atoms with van der Waals surface area (Å²) in [5.74, 6) is -0.687. The maximum atomic E-state index is 13.0. The molecule has 0 spiro atoms. The van der Waals surface area contributed by atoms with E-state index in [2.05, 4.69) is 0 Å². The molecule has 2 amide bonds. The second-order valence-corrected chi connectivity index (χ2v) is 10.5. The second kappa shape index (κ2) is 10.4. The van der Waals surface area contributed by atoms with Crippen molar-refractivity contribution in [1.82, 2.24) is 14.1 Å². The summed E-state index contributed by atoms with van der Waals surface area (Å²) in [4.78, 5) is 28.1. The number of sulfonamides is 1. The Balaban J connectivity index is 1.59. The maximum Gasteiger partial charge on any atom is 0.409 e. The van der Waals surface area contributed by atoms with E-state index in [4.69, 9.17) is 27.9 Å². The molecule has 0 N–H and O–H groups in total. The number of piperazine rings is 1. The fourth-order valence-corrected chi connectivity index (χ4v) is 6.10. The number of hydrogen-bond acceptors (Lipinski definition) is 5. The molecule has 0 unspecified atom stereocenters. The van der Waals surface area contributed by atoms with Gasteiger partial charge in [-0.25, -0.2) is 17.5 Å². The Kier molecular flexibility index (Phi) is 8.07. The minimum atomic E-state index is -3.63. The van der Waals surface area contributed by atoms with Crippen molar-refractivity contribution in [3.05, 3.63) is 33.8 Å². The van der Waals surface area contributed by atoms with Gasteiger partial charge in [0, 0.05) is 49.3 Å². The molecule has 2 fully saturated rings. The zero-order valence-corrected chi connectivity index (χ0v) is 19.8. The number of rotatable bonds is 5. The lowest BCUT2D eigenvalue weighted by molar-refractivity contribution is -0.138. The summed E-state index contributed by atoms with van der Waals surface area (Å²) in [6, 6.07) is 4.74. The molecule has 172 valence electrons. The first-order valence-corrected chi connectivity index (χ1v) is 12.7. The van der Waals surface area contributed by atoms with Crippen molar-refractivity contribution >= 4 is 45.2 Å². The molecule has 2 aliphatic heterocycles. The summed E-state index contributed by atoms with van der Waals surface area (Å²) in [5.41, 5.74) is 0.481. The van der Waals surface area contributed by atoms with E-state index >= 15 is 0 Å². The molecule has 0 aliphatic carbocycles. The molecule has 0 radical (unpaired) electrons. The zero-order chi connectivity index (χ0) is 22.6. The van der Waals surface area contributed by atoms with Crippen molar-refractivity contribution in [2.75, 3.05) is 45.9 Å². The highest BCUT2D eigenvalue weighted by Gasteiger charge is 2.36. The fourth-order valence-electron chi connectivity index (χ4n) is 3.91. The second-order valence-electron chi connectivity index (χ2n) is 7.70. The van der Waals surface area contributed by atoms with Gasteiger partial charge in [0.2, 0.25) is 15.9 Å². The molecule has 31 heavy (non-hydrogen) atoms. The first-order chi connectivity index (χ1) is 14.7. The highest BCUT2D eigenvalue weighted by atomic mass is 35.5. The number of nitrogens with zero attached hydrogens (tertiary/aromatic N) is 3. The highest BCUT2D eigenvalue weighted by Crippen LogP contribution is 2.27. The van der Waals surface area contributed by atoms with Crippen LogP contribution in [0.2, 0.25) is 10.0 Å². The van der Waals surface area contributed by atoms with Gasteiger partial charge in [-0.15, -0.1) is 0 Å². The maximum absolute atomic E-state index is 13.0. The van der Waals surface area contributed by atoms with Gasteiger partial charge in [0.25, 0.3) is 0 Å². The van der Waals surface area contributed by atoms with Crippen LogP contribution in [0.15, 0.2) is 18.2 Å². The molecular weight excluding hydrogens is 465 g/mol. The van der Waals surface area contributed by atoms with E-state index in [9.17, 15) is 18.0 Å². The van der Waals surface area contributed by atoms with Crippen LogP contribution in [-0.4, -0.2) is 80.4 Å². The third-order valence-corrected chi connectivity index (χ3v) is 7.98. The molecule has 1 aromatic rings. The highest BCUT2D eigenvalue weighted by molar-refractivity contribution is 7.88. The van der Waals surface area contributed by atoms with Gasteiger partial charge < -0.3 is 14.5 Å². The number of carbonyl (C=O) groups excluding carboxylic acids is 2. The van der Waals surface area contributed by atoms with Crippen LogP contribution in [0.4, 0.5) is 4.79 Å². The Morgan fingerprint density at radius 2 is 1.77 bits per heavy atom. The van der Waals surface area contributed by atoms with Gasteiger partial charge in [-0.3, -0.25) is 4.79 Å². The van der Waals surface area contributed by atoms with Crippen molar-refractivity contribution in [3.8, 4) is 0 Å². The smallest absolute Gasteiger partial charge is 0.409 e. The molecule has 1 aromatic carbocycles. The van der Waals surface area contributed by atoms with Gasteiger partial charge in [0.05, 0.1) is 18.3 Å². The Labute approximate surface area is 193 Å². The van der Waals surface area contributed by atoms with Crippen LogP contribution in [0.1, 0.15) is 25.3 Å². The monoisotopic (exact) mass is 491 g/mol. The minimum absolute atomic E-state index is 0.0621. The van der Waals surface area contributed by atoms with Crippen molar-refractivity contribution in [2.24, 2.45) is 5.92 Å². The van der Waals surface area contributed by atoms with Gasteiger partial charge in [-0.05, 0) is 37.5 Å². The van der Waals surface area contributed by atoms with Crippen molar-refractivity contribution in [3.63, 3.8) is 0 Å². The number of hydrogen-bond donors (Lipinski definition) is 0. The van der Waals surface area contributed by atoms with Crippen molar-refractivity contribution in [1.29, 1.82) is 0 Å². The van der Waals surface area contributed by atoms with E-state index in [-0.39, 0.29) is 24.3 Å². The van der Waals surface area contributed by atoms with Gasteiger partial charge >= 0.3 is 6.09 Å². The van der Waals surface area contributed by atoms with Crippen LogP contribution in [0.3, 0.4) is 0 Å². The van der Waals surface area contributed by atoms with E-state index in [1.807, 2.05) is 0 Å². The summed E-state index contributed by atoms with van der Waals surface area (Å²) >= 11 is 12.0. The summed E-state index contributed by atoms with van der Waals surface area (Å²) in [5, 5.41) is 0.748. The molecule has 11 heteroatoms. The van der Waals surface area contributed by atoms with Crippen LogP contribution in [0.25, 0.3) is 0 Å². The standard InChI is InChI=1S/C20H27Cl2N3O5S/c1-2-30-20(27)24-10-8-23(9-11-24)19(26)15-4-3-7-25(13-15)31(28,29)14-16-5-6-17(21)12-18(16)22/h5-6,12,15H,2-4,7-11,13-14H2,1H3/t15-/m1/s1. The first-order valence-electron chi connectivity index (χ1n) is 10.3. The lowest BCUT2D eigenvalue weighted by Gasteiger charge is -2.38. The van der Waals surface area contributed by atoms with Gasteiger partial charge in [-0.2, -0.15) is 0 Å². The van der Waals surface area contributed by atoms with E-state index in [0.29, 0.717) is 67.8 Å². The lowest BCUT2D eigenvalue weighted by Crippen LogP contribution is -2.54. The number of benzene rings is 1. The normalized spacial score (nSPS) is 20.5. The number of amides is 2. The molecule has 0 saturated carbocycles. The Hall–Kier alpha value is -1.55. The van der Waals surface area contributed by atoms with E-state index in [1.54, 1.807) is 28.9 Å². The lowest BCUT2D eigenvalue weighted by atomic mass is 9.98. The third-order valence-electron chi connectivity index (χ3n) is 5.60. The molecule has 0 bridgehead atoms. The molecule has 2 saturated heterocycles. The Bertz CT molecular complexity index is 919. The topological polar surface area (TPSA) is 87.2 Å². The Morgan fingerprint density at radius 1 is 1.10 bits per heavy atom. The molecule has 1 atom stereocenters. The summed E-state index contributed by atoms with van der Waals surface area (Å²) < 4.78 is 32.3. The van der Waals surface area contributed by atoms with Crippen LogP contribution < -0.4 is 0 Å². The first kappa shape index (κ1) is 24.1. The number of carbonyl (C=O) groups is 2. The van der Waals surface area contributed by atoms with Crippen LogP contribution in [0, 0.1) is 5.92 Å². The minimum Gasteiger partial charge on any atom is -0.450 e. The molecule has 0 aromatic heterocycles. The fraction of sp³-hybridized carbons (Fsp3) is 0.600. The van der Waals surface area contributed by atoms with Gasteiger partial charge in [-0.1, -0.05) is 29.3 Å². The summed E-state index contributed by atoms with van der Waals surface area (Å²) in [6.07, 6.45) is 0.891. The average Bonchev–Trinajstić information content (AvgIpc) is 2.75. The molecule has 3 rings (SSSR count). The average molecular weight is 492 g/mol. The number of ether oxygens (including phenoxy) is 1. The molecular formula is C20H27Cl2N3O5S. The van der Waals surface area contributed by atoms with Crippen molar-refractivity contribution < 1.29 is 22.7 Å². The van der Waals surface area contributed by atoms with Gasteiger partial charge in [0.15, 0.2) is 0 Å². The summed E-state index contributed by atoms with van der Waals surface area (Å²) in [6.45, 7) is 4.26. The number of halogens is 2. The zero-order valence-electron chi connectivity index (χ0n) is 17.4. The predicted molar refractivity (Wildman–Crippen MR) is 119 cm³/mol. The van der Waals surface area contributed by atoms with Gasteiger partial charge in [0.1, 0.15) is 0 Å². The third kappa shape index (κ3) is 6.03. The van der Waals surface area contributed by atoms with E-state index in [1.165, 1.54) is 10.4 Å². The predicted octanol–water partition coefficient (Wildman–Crippen LogP) is 2.84.